The first-order valence-corrected chi connectivity index (χ1v) is 9.30. The van der Waals surface area contributed by atoms with Crippen molar-refractivity contribution in [3.05, 3.63) is 48.0 Å². The van der Waals surface area contributed by atoms with Gasteiger partial charge in [-0.2, -0.15) is 18.3 Å². The summed E-state index contributed by atoms with van der Waals surface area (Å²) in [6.07, 6.45) is -3.52. The number of carboxylic acid groups (broad SMARTS) is 1. The van der Waals surface area contributed by atoms with Crippen molar-refractivity contribution in [2.45, 2.75) is 45.7 Å². The van der Waals surface area contributed by atoms with E-state index in [4.69, 9.17) is 9.90 Å². The molecule has 0 aliphatic carbocycles. The van der Waals surface area contributed by atoms with Gasteiger partial charge in [0.1, 0.15) is 12.2 Å². The minimum Gasteiger partial charge on any atom is -0.475 e. The Balaban J connectivity index is 0.000000396. The van der Waals surface area contributed by atoms with Gasteiger partial charge < -0.3 is 10.4 Å². The summed E-state index contributed by atoms with van der Waals surface area (Å²) < 4.78 is 33.6. The number of fused-ring (bicyclic) bond motifs is 1. The molecule has 1 aliphatic rings. The SMILES string of the molecule is CC(C)N1Cc2ncnn2CC(C(=O)NCc2ccccc2)C1.O=C(O)C(F)(F)F. The molecule has 0 radical (unpaired) electrons. The number of hydrogen-bond acceptors (Lipinski definition) is 5. The Hall–Kier alpha value is -2.95. The predicted molar refractivity (Wildman–Crippen MR) is 101 cm³/mol. The Morgan fingerprint density at radius 1 is 1.23 bits per heavy atom. The molecule has 0 fully saturated rings. The van der Waals surface area contributed by atoms with Crippen LogP contribution in [-0.2, 0) is 29.2 Å². The maximum Gasteiger partial charge on any atom is 0.490 e. The highest BCUT2D eigenvalue weighted by Gasteiger charge is 2.38. The molecule has 2 N–H and O–H groups in total. The first kappa shape index (κ1) is 23.3. The summed E-state index contributed by atoms with van der Waals surface area (Å²) in [6.45, 7) is 6.89. The molecule has 11 heteroatoms. The van der Waals surface area contributed by atoms with Crippen molar-refractivity contribution < 1.29 is 27.9 Å². The highest BCUT2D eigenvalue weighted by Crippen LogP contribution is 2.17. The molecule has 30 heavy (non-hydrogen) atoms. The zero-order chi connectivity index (χ0) is 22.3. The molecule has 0 saturated heterocycles. The summed E-state index contributed by atoms with van der Waals surface area (Å²) in [5, 5.41) is 14.4. The smallest absolute Gasteiger partial charge is 0.475 e. The summed E-state index contributed by atoms with van der Waals surface area (Å²) in [4.78, 5) is 28.1. The van der Waals surface area contributed by atoms with E-state index in [1.807, 2.05) is 35.0 Å². The lowest BCUT2D eigenvalue weighted by atomic mass is 10.1. The van der Waals surface area contributed by atoms with Crippen LogP contribution < -0.4 is 5.32 Å². The molecule has 0 saturated carbocycles. The zero-order valence-electron chi connectivity index (χ0n) is 16.6. The van der Waals surface area contributed by atoms with Crippen LogP contribution in [0.5, 0.6) is 0 Å². The topological polar surface area (TPSA) is 100 Å². The first-order valence-electron chi connectivity index (χ1n) is 9.30. The van der Waals surface area contributed by atoms with Crippen LogP contribution in [0.2, 0.25) is 0 Å². The third-order valence-corrected chi connectivity index (χ3v) is 4.54. The fourth-order valence-corrected chi connectivity index (χ4v) is 2.85. The van der Waals surface area contributed by atoms with Crippen molar-refractivity contribution in [2.24, 2.45) is 5.92 Å². The van der Waals surface area contributed by atoms with Crippen molar-refractivity contribution >= 4 is 11.9 Å². The van der Waals surface area contributed by atoms with Gasteiger partial charge in [0.2, 0.25) is 5.91 Å². The van der Waals surface area contributed by atoms with Gasteiger partial charge in [-0.05, 0) is 19.4 Å². The molecule has 8 nitrogen and oxygen atoms in total. The number of aliphatic carboxylic acids is 1. The quantitative estimate of drug-likeness (QED) is 0.775. The number of benzene rings is 1. The van der Waals surface area contributed by atoms with Gasteiger partial charge in [0.15, 0.2) is 0 Å². The largest absolute Gasteiger partial charge is 0.490 e. The first-order chi connectivity index (χ1) is 14.1. The van der Waals surface area contributed by atoms with Crippen molar-refractivity contribution in [3.63, 3.8) is 0 Å². The molecule has 0 bridgehead atoms. The van der Waals surface area contributed by atoms with Crippen LogP contribution in [0, 0.1) is 5.92 Å². The summed E-state index contributed by atoms with van der Waals surface area (Å²) >= 11 is 0. The fourth-order valence-electron chi connectivity index (χ4n) is 2.85. The summed E-state index contributed by atoms with van der Waals surface area (Å²) in [6, 6.07) is 10.3. The lowest BCUT2D eigenvalue weighted by molar-refractivity contribution is -0.192. The zero-order valence-corrected chi connectivity index (χ0v) is 16.6. The van der Waals surface area contributed by atoms with E-state index in [0.717, 1.165) is 24.5 Å². The molecule has 2 heterocycles. The molecule has 2 aromatic rings. The molecule has 1 amide bonds. The number of hydrogen-bond donors (Lipinski definition) is 2. The second kappa shape index (κ2) is 10.2. The highest BCUT2D eigenvalue weighted by molar-refractivity contribution is 5.78. The van der Waals surface area contributed by atoms with Gasteiger partial charge in [-0.15, -0.1) is 0 Å². The molecule has 1 unspecified atom stereocenters. The van der Waals surface area contributed by atoms with Crippen molar-refractivity contribution in [1.29, 1.82) is 0 Å². The normalized spacial score (nSPS) is 16.8. The Kier molecular flexibility index (Phi) is 7.93. The lowest BCUT2D eigenvalue weighted by Gasteiger charge is -2.26. The average Bonchev–Trinajstić information content (AvgIpc) is 3.03. The van der Waals surface area contributed by atoms with Crippen LogP contribution in [0.15, 0.2) is 36.7 Å². The fraction of sp³-hybridized carbons (Fsp3) is 0.474. The second-order valence-electron chi connectivity index (χ2n) is 7.08. The molecular weight excluding hydrogens is 403 g/mol. The van der Waals surface area contributed by atoms with Crippen molar-refractivity contribution in [2.75, 3.05) is 6.54 Å². The molecule has 164 valence electrons. The van der Waals surface area contributed by atoms with Crippen LogP contribution in [0.4, 0.5) is 13.2 Å². The van der Waals surface area contributed by atoms with E-state index in [2.05, 4.69) is 34.1 Å². The third-order valence-electron chi connectivity index (χ3n) is 4.54. The second-order valence-corrected chi connectivity index (χ2v) is 7.08. The standard InChI is InChI=1S/C17H23N5O.C2HF3O2/c1-13(2)21-9-15(10-22-16(11-21)19-12-20-22)17(23)18-8-14-6-4-3-5-7-14;3-2(4,5)1(6)7/h3-7,12-13,15H,8-11H2,1-2H3,(H,18,23);(H,6,7). The average molecular weight is 427 g/mol. The predicted octanol–water partition coefficient (Wildman–Crippen LogP) is 2.07. The van der Waals surface area contributed by atoms with Gasteiger partial charge >= 0.3 is 12.1 Å². The summed E-state index contributed by atoms with van der Waals surface area (Å²) in [7, 11) is 0. The number of carbonyl (C=O) groups excluding carboxylic acids is 1. The number of carboxylic acids is 1. The van der Waals surface area contributed by atoms with E-state index in [0.29, 0.717) is 19.1 Å². The Morgan fingerprint density at radius 2 is 1.87 bits per heavy atom. The van der Waals surface area contributed by atoms with Crippen LogP contribution in [0.3, 0.4) is 0 Å². The summed E-state index contributed by atoms with van der Waals surface area (Å²) in [5.41, 5.74) is 1.11. The van der Waals surface area contributed by atoms with Crippen LogP contribution >= 0.6 is 0 Å². The molecular formula is C19H24F3N5O3. The molecule has 1 aliphatic heterocycles. The Bertz CT molecular complexity index is 839. The van der Waals surface area contributed by atoms with E-state index in [-0.39, 0.29) is 11.8 Å². The molecule has 1 aromatic carbocycles. The van der Waals surface area contributed by atoms with E-state index in [1.54, 1.807) is 6.33 Å². The van der Waals surface area contributed by atoms with Crippen LogP contribution in [-0.4, -0.2) is 55.4 Å². The van der Waals surface area contributed by atoms with Gasteiger partial charge in [0, 0.05) is 19.1 Å². The maximum atomic E-state index is 12.6. The van der Waals surface area contributed by atoms with Gasteiger partial charge in [0.25, 0.3) is 0 Å². The molecule has 3 rings (SSSR count). The lowest BCUT2D eigenvalue weighted by Crippen LogP contribution is -2.41. The Labute approximate surface area is 171 Å². The van der Waals surface area contributed by atoms with Crippen molar-refractivity contribution in [3.8, 4) is 0 Å². The number of carbonyl (C=O) groups is 2. The van der Waals surface area contributed by atoms with Crippen LogP contribution in [0.1, 0.15) is 25.2 Å². The van der Waals surface area contributed by atoms with Crippen LogP contribution in [0.25, 0.3) is 0 Å². The van der Waals surface area contributed by atoms with Gasteiger partial charge in [-0.25, -0.2) is 14.5 Å². The molecule has 0 spiro atoms. The monoisotopic (exact) mass is 427 g/mol. The maximum absolute atomic E-state index is 12.6. The van der Waals surface area contributed by atoms with E-state index in [9.17, 15) is 18.0 Å². The summed E-state index contributed by atoms with van der Waals surface area (Å²) in [5.74, 6) is -1.88. The van der Waals surface area contributed by atoms with Gasteiger partial charge in [-0.1, -0.05) is 30.3 Å². The number of aromatic nitrogens is 3. The van der Waals surface area contributed by atoms with E-state index >= 15 is 0 Å². The molecule has 1 aromatic heterocycles. The Morgan fingerprint density at radius 3 is 2.43 bits per heavy atom. The number of rotatable bonds is 4. The van der Waals surface area contributed by atoms with E-state index in [1.165, 1.54) is 0 Å². The van der Waals surface area contributed by atoms with Gasteiger partial charge in [0.05, 0.1) is 19.0 Å². The number of nitrogens with zero attached hydrogens (tertiary/aromatic N) is 4. The van der Waals surface area contributed by atoms with Crippen molar-refractivity contribution in [1.82, 2.24) is 25.0 Å². The molecule has 1 atom stereocenters. The highest BCUT2D eigenvalue weighted by atomic mass is 19.4. The number of nitrogens with one attached hydrogen (secondary N) is 1. The van der Waals surface area contributed by atoms with E-state index < -0.39 is 12.1 Å². The number of alkyl halides is 3. The van der Waals surface area contributed by atoms with Gasteiger partial charge in [-0.3, -0.25) is 9.69 Å². The number of amides is 1. The number of halogens is 3. The minimum atomic E-state index is -5.08. The third kappa shape index (κ3) is 6.83. The minimum absolute atomic E-state index is 0.0721.